The van der Waals surface area contributed by atoms with E-state index < -0.39 is 0 Å². The van der Waals surface area contributed by atoms with Crippen LogP contribution in [0.15, 0.2) is 42.5 Å². The molecular formula is C20H27N. The lowest BCUT2D eigenvalue weighted by atomic mass is 9.70. The Labute approximate surface area is 128 Å². The highest BCUT2D eigenvalue weighted by Crippen LogP contribution is 2.39. The van der Waals surface area contributed by atoms with Crippen molar-refractivity contribution in [2.45, 2.75) is 52.0 Å². The molecule has 0 saturated heterocycles. The lowest BCUT2D eigenvalue weighted by molar-refractivity contribution is 0.173. The number of benzene rings is 2. The van der Waals surface area contributed by atoms with E-state index >= 15 is 0 Å². The molecule has 0 spiro atoms. The molecule has 3 rings (SSSR count). The number of hydrogen-bond acceptors (Lipinski definition) is 1. The monoisotopic (exact) mass is 281 g/mol. The summed E-state index contributed by atoms with van der Waals surface area (Å²) in [5.74, 6) is 0.692. The molecule has 2 N–H and O–H groups in total. The van der Waals surface area contributed by atoms with Gasteiger partial charge < -0.3 is 5.73 Å². The van der Waals surface area contributed by atoms with Gasteiger partial charge >= 0.3 is 0 Å². The van der Waals surface area contributed by atoms with Crippen molar-refractivity contribution < 1.29 is 0 Å². The third-order valence-electron chi connectivity index (χ3n) is 5.32. The van der Waals surface area contributed by atoms with Crippen molar-refractivity contribution in [3.8, 4) is 0 Å². The molecule has 21 heavy (non-hydrogen) atoms. The molecule has 112 valence electrons. The summed E-state index contributed by atoms with van der Waals surface area (Å²) < 4.78 is 0. The molecule has 1 nitrogen and oxygen atoms in total. The van der Waals surface area contributed by atoms with Gasteiger partial charge in [-0.05, 0) is 59.8 Å². The molecule has 1 aliphatic carbocycles. The van der Waals surface area contributed by atoms with Crippen LogP contribution in [0.5, 0.6) is 0 Å². The summed E-state index contributed by atoms with van der Waals surface area (Å²) >= 11 is 0. The standard InChI is InChI=1S/C20H27N/c1-20(2)12-10-16(11-13-20)19(21)14-17-8-5-7-15-6-3-4-9-18(15)17/h3-9,16,19H,10-14,21H2,1-2H3. The first-order valence-electron chi connectivity index (χ1n) is 8.27. The summed E-state index contributed by atoms with van der Waals surface area (Å²) in [5.41, 5.74) is 8.49. The molecule has 0 amide bonds. The number of rotatable bonds is 3. The smallest absolute Gasteiger partial charge is 0.0108 e. The molecule has 1 fully saturated rings. The van der Waals surface area contributed by atoms with Crippen LogP contribution < -0.4 is 5.73 Å². The van der Waals surface area contributed by atoms with Gasteiger partial charge in [0, 0.05) is 6.04 Å². The van der Waals surface area contributed by atoms with Crippen molar-refractivity contribution in [2.75, 3.05) is 0 Å². The molecule has 1 saturated carbocycles. The summed E-state index contributed by atoms with van der Waals surface area (Å²) in [4.78, 5) is 0. The minimum absolute atomic E-state index is 0.298. The molecule has 1 heteroatoms. The molecule has 1 aliphatic rings. The van der Waals surface area contributed by atoms with Gasteiger partial charge in [0.15, 0.2) is 0 Å². The minimum atomic E-state index is 0.298. The fourth-order valence-corrected chi connectivity index (χ4v) is 3.74. The van der Waals surface area contributed by atoms with E-state index in [4.69, 9.17) is 5.73 Å². The zero-order valence-corrected chi connectivity index (χ0v) is 13.3. The second kappa shape index (κ2) is 5.81. The second-order valence-electron chi connectivity index (χ2n) is 7.51. The Morgan fingerprint density at radius 1 is 1.05 bits per heavy atom. The van der Waals surface area contributed by atoms with Crippen LogP contribution in [0.3, 0.4) is 0 Å². The van der Waals surface area contributed by atoms with Gasteiger partial charge in [-0.25, -0.2) is 0 Å². The maximum Gasteiger partial charge on any atom is 0.0108 e. The summed E-state index contributed by atoms with van der Waals surface area (Å²) in [6.45, 7) is 4.78. The van der Waals surface area contributed by atoms with Gasteiger partial charge in [-0.1, -0.05) is 56.3 Å². The molecule has 0 bridgehead atoms. The minimum Gasteiger partial charge on any atom is -0.327 e. The van der Waals surface area contributed by atoms with Crippen molar-refractivity contribution in [1.29, 1.82) is 0 Å². The van der Waals surface area contributed by atoms with Gasteiger partial charge in [-0.15, -0.1) is 0 Å². The Morgan fingerprint density at radius 3 is 2.48 bits per heavy atom. The van der Waals surface area contributed by atoms with Gasteiger partial charge in [-0.3, -0.25) is 0 Å². The molecule has 2 aromatic carbocycles. The maximum absolute atomic E-state index is 6.56. The van der Waals surface area contributed by atoms with E-state index in [2.05, 4.69) is 56.3 Å². The summed E-state index contributed by atoms with van der Waals surface area (Å²) in [7, 11) is 0. The van der Waals surface area contributed by atoms with Crippen molar-refractivity contribution in [3.05, 3.63) is 48.0 Å². The Hall–Kier alpha value is -1.34. The van der Waals surface area contributed by atoms with E-state index in [1.807, 2.05) is 0 Å². The first kappa shape index (κ1) is 14.6. The molecule has 0 aliphatic heterocycles. The molecule has 0 aromatic heterocycles. The van der Waals surface area contributed by atoms with Crippen LogP contribution in [0, 0.1) is 11.3 Å². The maximum atomic E-state index is 6.56. The van der Waals surface area contributed by atoms with Crippen molar-refractivity contribution in [2.24, 2.45) is 17.1 Å². The van der Waals surface area contributed by atoms with Crippen LogP contribution in [0.2, 0.25) is 0 Å². The van der Waals surface area contributed by atoms with E-state index in [1.165, 1.54) is 42.0 Å². The van der Waals surface area contributed by atoms with Gasteiger partial charge in [0.1, 0.15) is 0 Å². The van der Waals surface area contributed by atoms with Gasteiger partial charge in [-0.2, -0.15) is 0 Å². The Kier molecular flexibility index (Phi) is 4.03. The lowest BCUT2D eigenvalue weighted by Gasteiger charge is -2.37. The average Bonchev–Trinajstić information content (AvgIpc) is 2.47. The molecule has 2 aromatic rings. The highest BCUT2D eigenvalue weighted by Gasteiger charge is 2.29. The van der Waals surface area contributed by atoms with Crippen LogP contribution in [-0.2, 0) is 6.42 Å². The SMILES string of the molecule is CC1(C)CCC(C(N)Cc2cccc3ccccc23)CC1. The molecule has 1 atom stereocenters. The number of hydrogen-bond donors (Lipinski definition) is 1. The molecule has 1 unspecified atom stereocenters. The molecular weight excluding hydrogens is 254 g/mol. The fraction of sp³-hybridized carbons (Fsp3) is 0.500. The van der Waals surface area contributed by atoms with E-state index in [0.29, 0.717) is 17.4 Å². The van der Waals surface area contributed by atoms with E-state index in [0.717, 1.165) is 6.42 Å². The normalized spacial score (nSPS) is 20.5. The van der Waals surface area contributed by atoms with Crippen LogP contribution in [-0.4, -0.2) is 6.04 Å². The molecule has 0 heterocycles. The predicted molar refractivity (Wildman–Crippen MR) is 91.4 cm³/mol. The van der Waals surface area contributed by atoms with E-state index in [-0.39, 0.29) is 0 Å². The van der Waals surface area contributed by atoms with Crippen molar-refractivity contribution >= 4 is 10.8 Å². The topological polar surface area (TPSA) is 26.0 Å². The zero-order chi connectivity index (χ0) is 14.9. The van der Waals surface area contributed by atoms with E-state index in [1.54, 1.807) is 0 Å². The Morgan fingerprint density at radius 2 is 1.71 bits per heavy atom. The van der Waals surface area contributed by atoms with Crippen molar-refractivity contribution in [1.82, 2.24) is 0 Å². The highest BCUT2D eigenvalue weighted by molar-refractivity contribution is 5.85. The summed E-state index contributed by atoms with van der Waals surface area (Å²) in [6, 6.07) is 15.5. The fourth-order valence-electron chi connectivity index (χ4n) is 3.74. The lowest BCUT2D eigenvalue weighted by Crippen LogP contribution is -2.36. The van der Waals surface area contributed by atoms with Crippen LogP contribution >= 0.6 is 0 Å². The zero-order valence-electron chi connectivity index (χ0n) is 13.3. The Bertz CT molecular complexity index is 599. The van der Waals surface area contributed by atoms with Gasteiger partial charge in [0.25, 0.3) is 0 Å². The van der Waals surface area contributed by atoms with Crippen molar-refractivity contribution in [3.63, 3.8) is 0 Å². The number of nitrogens with two attached hydrogens (primary N) is 1. The van der Waals surface area contributed by atoms with Gasteiger partial charge in [0.05, 0.1) is 0 Å². The predicted octanol–water partition coefficient (Wildman–Crippen LogP) is 4.93. The largest absolute Gasteiger partial charge is 0.327 e. The third-order valence-corrected chi connectivity index (χ3v) is 5.32. The molecule has 0 radical (unpaired) electrons. The Balaban J connectivity index is 1.73. The van der Waals surface area contributed by atoms with Crippen LogP contribution in [0.25, 0.3) is 10.8 Å². The van der Waals surface area contributed by atoms with Gasteiger partial charge in [0.2, 0.25) is 0 Å². The third kappa shape index (κ3) is 3.29. The van der Waals surface area contributed by atoms with Crippen LogP contribution in [0.1, 0.15) is 45.1 Å². The quantitative estimate of drug-likeness (QED) is 0.848. The summed E-state index contributed by atoms with van der Waals surface area (Å²) in [6.07, 6.45) is 6.23. The van der Waals surface area contributed by atoms with E-state index in [9.17, 15) is 0 Å². The first-order chi connectivity index (χ1) is 10.1. The summed E-state index contributed by atoms with van der Waals surface area (Å²) in [5, 5.41) is 2.69. The van der Waals surface area contributed by atoms with Crippen LogP contribution in [0.4, 0.5) is 0 Å². The highest BCUT2D eigenvalue weighted by atomic mass is 14.7. The average molecular weight is 281 g/mol. The number of fused-ring (bicyclic) bond motifs is 1. The second-order valence-corrected chi connectivity index (χ2v) is 7.51. The first-order valence-corrected chi connectivity index (χ1v) is 8.27.